The third-order valence-corrected chi connectivity index (χ3v) is 5.97. The fraction of sp³-hybridized carbons (Fsp3) is 0.250. The van der Waals surface area contributed by atoms with Crippen molar-refractivity contribution in [1.82, 2.24) is 14.9 Å². The van der Waals surface area contributed by atoms with Crippen LogP contribution in [0.5, 0.6) is 0 Å². The van der Waals surface area contributed by atoms with E-state index in [1.54, 1.807) is 11.3 Å². The first-order chi connectivity index (χ1) is 12.8. The molecule has 26 heavy (non-hydrogen) atoms. The minimum atomic E-state index is -0.201. The minimum Gasteiger partial charge on any atom is -0.340 e. The van der Waals surface area contributed by atoms with Crippen molar-refractivity contribution in [3.8, 4) is 0 Å². The quantitative estimate of drug-likeness (QED) is 0.598. The molecule has 0 radical (unpaired) electrons. The number of hydrogen-bond donors (Lipinski definition) is 1. The molecule has 4 nitrogen and oxygen atoms in total. The fourth-order valence-electron chi connectivity index (χ4n) is 3.64. The highest BCUT2D eigenvalue weighted by molar-refractivity contribution is 7.25. The van der Waals surface area contributed by atoms with Crippen LogP contribution >= 0.6 is 11.3 Å². The Balaban J connectivity index is 1.68. The van der Waals surface area contributed by atoms with Gasteiger partial charge in [-0.1, -0.05) is 30.3 Å². The third-order valence-electron chi connectivity index (χ3n) is 4.92. The summed E-state index contributed by atoms with van der Waals surface area (Å²) >= 11 is 1.74. The number of nitrogens with zero attached hydrogens (tertiary/aromatic N) is 3. The van der Waals surface area contributed by atoms with Gasteiger partial charge in [0.1, 0.15) is 10.6 Å². The van der Waals surface area contributed by atoms with Crippen molar-refractivity contribution < 1.29 is 4.39 Å². The molecule has 132 valence electrons. The average molecular weight is 366 g/mol. The van der Waals surface area contributed by atoms with Crippen LogP contribution < -0.4 is 10.2 Å². The Bertz CT molecular complexity index is 1060. The van der Waals surface area contributed by atoms with Crippen LogP contribution in [-0.2, 0) is 6.54 Å². The Kier molecular flexibility index (Phi) is 3.87. The van der Waals surface area contributed by atoms with Gasteiger partial charge in [-0.2, -0.15) is 0 Å². The summed E-state index contributed by atoms with van der Waals surface area (Å²) in [7, 11) is 0. The highest BCUT2D eigenvalue weighted by atomic mass is 32.1. The molecule has 2 aromatic heterocycles. The number of hydrogen-bond acceptors (Lipinski definition) is 4. The summed E-state index contributed by atoms with van der Waals surface area (Å²) in [5, 5.41) is 4.64. The number of piperazine rings is 1. The summed E-state index contributed by atoms with van der Waals surface area (Å²) in [4.78, 5) is 8.41. The Labute approximate surface area is 154 Å². The molecule has 1 fully saturated rings. The van der Waals surface area contributed by atoms with E-state index in [0.29, 0.717) is 6.54 Å². The summed E-state index contributed by atoms with van der Waals surface area (Å²) in [6, 6.07) is 15.2. The molecule has 0 aliphatic carbocycles. The summed E-state index contributed by atoms with van der Waals surface area (Å²) in [6.07, 6.45) is 0. The van der Waals surface area contributed by atoms with Gasteiger partial charge in [-0.3, -0.25) is 0 Å². The maximum atomic E-state index is 13.3. The van der Waals surface area contributed by atoms with Gasteiger partial charge in [0.2, 0.25) is 5.95 Å². The summed E-state index contributed by atoms with van der Waals surface area (Å²) in [5.74, 6) is 0.815. The van der Waals surface area contributed by atoms with Crippen molar-refractivity contribution >= 4 is 37.7 Å². The third kappa shape index (κ3) is 2.66. The molecule has 4 aromatic rings. The molecular formula is C20H19FN4S. The van der Waals surface area contributed by atoms with E-state index in [1.165, 1.54) is 27.7 Å². The second-order valence-electron chi connectivity index (χ2n) is 6.61. The standard InChI is InChI=1S/C20H19FN4S/c21-15-7-5-14(6-8-15)13-25-18-16-3-1-2-4-17(16)26-19(18)23-20(25)24-11-9-22-10-12-24/h1-8,22H,9-13H2. The number of thiophene rings is 1. The van der Waals surface area contributed by atoms with E-state index in [4.69, 9.17) is 4.98 Å². The molecule has 1 N–H and O–H groups in total. The van der Waals surface area contributed by atoms with Crippen molar-refractivity contribution in [1.29, 1.82) is 0 Å². The second kappa shape index (κ2) is 6.37. The van der Waals surface area contributed by atoms with Crippen molar-refractivity contribution in [2.45, 2.75) is 6.54 Å². The van der Waals surface area contributed by atoms with Crippen LogP contribution in [0, 0.1) is 5.82 Å². The maximum Gasteiger partial charge on any atom is 0.207 e. The first-order valence-electron chi connectivity index (χ1n) is 8.87. The predicted molar refractivity (Wildman–Crippen MR) is 106 cm³/mol. The Morgan fingerprint density at radius 1 is 1.04 bits per heavy atom. The Hall–Kier alpha value is -2.44. The lowest BCUT2D eigenvalue weighted by Crippen LogP contribution is -2.44. The summed E-state index contributed by atoms with van der Waals surface area (Å²) in [6.45, 7) is 4.53. The SMILES string of the molecule is Fc1ccc(Cn2c(N3CCNCC3)nc3sc4ccccc4c32)cc1. The van der Waals surface area contributed by atoms with Gasteiger partial charge in [-0.25, -0.2) is 9.37 Å². The van der Waals surface area contributed by atoms with Crippen LogP contribution in [0.15, 0.2) is 48.5 Å². The number of imidazole rings is 1. The smallest absolute Gasteiger partial charge is 0.207 e. The van der Waals surface area contributed by atoms with Crippen LogP contribution in [0.2, 0.25) is 0 Å². The first-order valence-corrected chi connectivity index (χ1v) is 9.69. The molecule has 0 bridgehead atoms. The number of anilines is 1. The zero-order chi connectivity index (χ0) is 17.5. The molecule has 0 saturated carbocycles. The maximum absolute atomic E-state index is 13.3. The van der Waals surface area contributed by atoms with E-state index < -0.39 is 0 Å². The van der Waals surface area contributed by atoms with E-state index in [0.717, 1.165) is 42.5 Å². The zero-order valence-corrected chi connectivity index (χ0v) is 15.1. The summed E-state index contributed by atoms with van der Waals surface area (Å²) < 4.78 is 16.9. The van der Waals surface area contributed by atoms with Crippen molar-refractivity contribution in [2.24, 2.45) is 0 Å². The van der Waals surface area contributed by atoms with Gasteiger partial charge < -0.3 is 14.8 Å². The molecule has 0 atom stereocenters. The molecule has 3 heterocycles. The normalized spacial score (nSPS) is 15.2. The van der Waals surface area contributed by atoms with Gasteiger partial charge in [-0.05, 0) is 23.8 Å². The highest BCUT2D eigenvalue weighted by Gasteiger charge is 2.22. The second-order valence-corrected chi connectivity index (χ2v) is 7.64. The van der Waals surface area contributed by atoms with Gasteiger partial charge in [0.25, 0.3) is 0 Å². The molecule has 1 aliphatic heterocycles. The van der Waals surface area contributed by atoms with Gasteiger partial charge >= 0.3 is 0 Å². The molecule has 1 saturated heterocycles. The van der Waals surface area contributed by atoms with Crippen molar-refractivity contribution in [3.63, 3.8) is 0 Å². The lowest BCUT2D eigenvalue weighted by atomic mass is 10.2. The molecule has 2 aromatic carbocycles. The molecule has 5 rings (SSSR count). The number of benzene rings is 2. The van der Waals surface area contributed by atoms with Gasteiger partial charge in [0.05, 0.1) is 12.1 Å². The van der Waals surface area contributed by atoms with Crippen molar-refractivity contribution in [3.05, 3.63) is 59.9 Å². The van der Waals surface area contributed by atoms with E-state index in [-0.39, 0.29) is 5.82 Å². The fourth-order valence-corrected chi connectivity index (χ4v) is 4.71. The molecular weight excluding hydrogens is 347 g/mol. The average Bonchev–Trinajstić information content (AvgIpc) is 3.21. The number of fused-ring (bicyclic) bond motifs is 3. The lowest BCUT2D eigenvalue weighted by molar-refractivity contribution is 0.571. The number of aromatic nitrogens is 2. The van der Waals surface area contributed by atoms with Crippen LogP contribution in [0.25, 0.3) is 20.4 Å². The minimum absolute atomic E-state index is 0.201. The van der Waals surface area contributed by atoms with Gasteiger partial charge in [0, 0.05) is 36.3 Å². The first kappa shape index (κ1) is 15.8. The van der Waals surface area contributed by atoms with Crippen LogP contribution in [0.3, 0.4) is 0 Å². The van der Waals surface area contributed by atoms with Crippen LogP contribution in [-0.4, -0.2) is 35.7 Å². The Morgan fingerprint density at radius 2 is 1.81 bits per heavy atom. The predicted octanol–water partition coefficient (Wildman–Crippen LogP) is 3.85. The van der Waals surface area contributed by atoms with E-state index >= 15 is 0 Å². The number of nitrogens with one attached hydrogen (secondary N) is 1. The molecule has 0 spiro atoms. The number of halogens is 1. The van der Waals surface area contributed by atoms with Crippen molar-refractivity contribution in [2.75, 3.05) is 31.1 Å². The monoisotopic (exact) mass is 366 g/mol. The Morgan fingerprint density at radius 3 is 2.62 bits per heavy atom. The molecule has 0 unspecified atom stereocenters. The van der Waals surface area contributed by atoms with Gasteiger partial charge in [-0.15, -0.1) is 11.3 Å². The topological polar surface area (TPSA) is 33.1 Å². The van der Waals surface area contributed by atoms with E-state index in [9.17, 15) is 4.39 Å². The molecule has 1 aliphatic rings. The lowest BCUT2D eigenvalue weighted by Gasteiger charge is -2.29. The van der Waals surface area contributed by atoms with Crippen LogP contribution in [0.1, 0.15) is 5.56 Å². The highest BCUT2D eigenvalue weighted by Crippen LogP contribution is 2.36. The van der Waals surface area contributed by atoms with E-state index in [1.807, 2.05) is 12.1 Å². The molecule has 0 amide bonds. The number of rotatable bonds is 3. The van der Waals surface area contributed by atoms with Crippen LogP contribution in [0.4, 0.5) is 10.3 Å². The largest absolute Gasteiger partial charge is 0.340 e. The zero-order valence-electron chi connectivity index (χ0n) is 14.3. The molecule has 6 heteroatoms. The van der Waals surface area contributed by atoms with Gasteiger partial charge in [0.15, 0.2) is 0 Å². The summed E-state index contributed by atoms with van der Waals surface area (Å²) in [5.41, 5.74) is 2.26. The van der Waals surface area contributed by atoms with E-state index in [2.05, 4.69) is 39.0 Å².